The molecule has 0 aromatic heterocycles. The molecular weight excluding hydrogens is 348 g/mol. The second-order valence-corrected chi connectivity index (χ2v) is 5.89. The molecule has 0 radical (unpaired) electrons. The highest BCUT2D eigenvalue weighted by Gasteiger charge is 2.55. The lowest BCUT2D eigenvalue weighted by molar-refractivity contribution is -0.160. The van der Waals surface area contributed by atoms with Gasteiger partial charge < -0.3 is 14.6 Å². The predicted molar refractivity (Wildman–Crippen MR) is 83.9 cm³/mol. The number of likely N-dealkylation sites (N-methyl/N-ethyl adjacent to an activating group) is 2. The van der Waals surface area contributed by atoms with Crippen LogP contribution in [0.1, 0.15) is 13.3 Å². The third-order valence-corrected chi connectivity index (χ3v) is 4.19. The topological polar surface area (TPSA) is 131 Å². The Labute approximate surface area is 148 Å². The summed E-state index contributed by atoms with van der Waals surface area (Å²) in [6.45, 7) is 1.15. The number of Topliss-reactive ketones (excluding diaryl/α,β-unsaturated/α-hetero) is 1. The van der Waals surface area contributed by atoms with Crippen molar-refractivity contribution in [1.82, 2.24) is 9.80 Å². The molecule has 2 rings (SSSR count). The van der Waals surface area contributed by atoms with E-state index >= 15 is 0 Å². The standard InChI is InChI=1S/C16H18N2O8/c1-7(19)6-16(24)11(26-5)9(13(21)18(3)15(16)23)8-10(25-4)14(22)17(2)12(8)20/h24H,6H2,1-5H3/t16-/m1/s1. The van der Waals surface area contributed by atoms with Gasteiger partial charge in [-0.15, -0.1) is 0 Å². The van der Waals surface area contributed by atoms with Gasteiger partial charge in [0.2, 0.25) is 5.60 Å². The lowest BCUT2D eigenvalue weighted by atomic mass is 9.84. The van der Waals surface area contributed by atoms with Gasteiger partial charge in [0.15, 0.2) is 11.5 Å². The van der Waals surface area contributed by atoms with Crippen molar-refractivity contribution in [2.24, 2.45) is 0 Å². The molecule has 2 aliphatic rings. The average molecular weight is 366 g/mol. The third kappa shape index (κ3) is 2.49. The first kappa shape index (κ1) is 19.3. The minimum absolute atomic E-state index is 0.427. The summed E-state index contributed by atoms with van der Waals surface area (Å²) < 4.78 is 10.0. The van der Waals surface area contributed by atoms with E-state index in [0.29, 0.717) is 4.90 Å². The summed E-state index contributed by atoms with van der Waals surface area (Å²) in [5.74, 6) is -5.27. The molecule has 0 aromatic rings. The second kappa shape index (κ2) is 6.37. The number of carbonyl (C=O) groups excluding carboxylic acids is 5. The number of hydrogen-bond donors (Lipinski definition) is 1. The first-order chi connectivity index (χ1) is 12.0. The van der Waals surface area contributed by atoms with Gasteiger partial charge in [0.1, 0.15) is 11.4 Å². The molecule has 2 heterocycles. The normalized spacial score (nSPS) is 24.1. The van der Waals surface area contributed by atoms with E-state index in [1.165, 1.54) is 7.05 Å². The number of carbonyl (C=O) groups is 5. The number of methoxy groups -OCH3 is 2. The maximum absolute atomic E-state index is 12.7. The maximum Gasteiger partial charge on any atom is 0.296 e. The van der Waals surface area contributed by atoms with Crippen molar-refractivity contribution in [2.45, 2.75) is 18.9 Å². The van der Waals surface area contributed by atoms with E-state index < -0.39 is 64.1 Å². The van der Waals surface area contributed by atoms with E-state index in [2.05, 4.69) is 0 Å². The smallest absolute Gasteiger partial charge is 0.296 e. The van der Waals surface area contributed by atoms with Gasteiger partial charge in [-0.25, -0.2) is 0 Å². The monoisotopic (exact) mass is 366 g/mol. The van der Waals surface area contributed by atoms with Gasteiger partial charge in [0.25, 0.3) is 23.6 Å². The van der Waals surface area contributed by atoms with Crippen LogP contribution in [0, 0.1) is 0 Å². The molecule has 0 saturated heterocycles. The molecule has 0 bridgehead atoms. The molecule has 0 spiro atoms. The SMILES string of the molecule is COC1=C(C2=C(OC)[C@](O)(CC(C)=O)C(=O)N(C)C2=O)C(=O)N(C)C1=O. The van der Waals surface area contributed by atoms with Crippen LogP contribution in [0.25, 0.3) is 0 Å². The number of aliphatic hydroxyl groups is 1. The molecule has 0 aromatic carbocycles. The molecule has 140 valence electrons. The summed E-state index contributed by atoms with van der Waals surface area (Å²) in [5, 5.41) is 10.8. The predicted octanol–water partition coefficient (Wildman–Crippen LogP) is -1.51. The quantitative estimate of drug-likeness (QED) is 0.582. The second-order valence-electron chi connectivity index (χ2n) is 5.89. The lowest BCUT2D eigenvalue weighted by Gasteiger charge is -2.37. The first-order valence-corrected chi connectivity index (χ1v) is 7.46. The van der Waals surface area contributed by atoms with Crippen LogP contribution in [0.15, 0.2) is 22.7 Å². The van der Waals surface area contributed by atoms with Gasteiger partial charge in [-0.1, -0.05) is 0 Å². The van der Waals surface area contributed by atoms with E-state index in [-0.39, 0.29) is 0 Å². The van der Waals surface area contributed by atoms with Crippen molar-refractivity contribution >= 4 is 29.4 Å². The number of rotatable bonds is 5. The van der Waals surface area contributed by atoms with Crippen LogP contribution in [0.5, 0.6) is 0 Å². The van der Waals surface area contributed by atoms with Crippen LogP contribution in [-0.4, -0.2) is 78.2 Å². The minimum Gasteiger partial charge on any atom is -0.497 e. The molecule has 1 atom stereocenters. The molecule has 0 aliphatic carbocycles. The Bertz CT molecular complexity index is 809. The number of nitrogens with zero attached hydrogens (tertiary/aromatic N) is 2. The lowest BCUT2D eigenvalue weighted by Crippen LogP contribution is -2.57. The Morgan fingerprint density at radius 1 is 0.962 bits per heavy atom. The Morgan fingerprint density at radius 2 is 1.50 bits per heavy atom. The number of ether oxygens (including phenoxy) is 2. The Balaban J connectivity index is 2.88. The molecule has 0 unspecified atom stereocenters. The molecule has 0 saturated carbocycles. The summed E-state index contributed by atoms with van der Waals surface area (Å²) in [7, 11) is 4.48. The summed E-state index contributed by atoms with van der Waals surface area (Å²) in [5.41, 5.74) is -3.43. The zero-order valence-corrected chi connectivity index (χ0v) is 14.9. The summed E-state index contributed by atoms with van der Waals surface area (Å²) in [6.07, 6.45) is -0.677. The number of ketones is 1. The van der Waals surface area contributed by atoms with Crippen LogP contribution in [0.4, 0.5) is 0 Å². The van der Waals surface area contributed by atoms with Crippen molar-refractivity contribution in [2.75, 3.05) is 28.3 Å². The summed E-state index contributed by atoms with van der Waals surface area (Å²) in [6, 6.07) is 0. The van der Waals surface area contributed by atoms with Crippen molar-refractivity contribution in [3.05, 3.63) is 22.7 Å². The Morgan fingerprint density at radius 3 is 1.96 bits per heavy atom. The molecule has 10 heteroatoms. The Kier molecular flexibility index (Phi) is 4.73. The van der Waals surface area contributed by atoms with Gasteiger partial charge in [-0.3, -0.25) is 33.8 Å². The summed E-state index contributed by atoms with van der Waals surface area (Å²) in [4.78, 5) is 62.6. The molecule has 0 fully saturated rings. The van der Waals surface area contributed by atoms with E-state index in [1.54, 1.807) is 0 Å². The number of hydrogen-bond acceptors (Lipinski definition) is 8. The number of imide groups is 2. The molecule has 2 aliphatic heterocycles. The largest absolute Gasteiger partial charge is 0.497 e. The molecule has 10 nitrogen and oxygen atoms in total. The van der Waals surface area contributed by atoms with Crippen LogP contribution in [0.3, 0.4) is 0 Å². The van der Waals surface area contributed by atoms with Crippen molar-refractivity contribution in [1.29, 1.82) is 0 Å². The van der Waals surface area contributed by atoms with Gasteiger partial charge in [0, 0.05) is 14.1 Å². The fourth-order valence-corrected chi connectivity index (χ4v) is 2.97. The van der Waals surface area contributed by atoms with Crippen LogP contribution in [-0.2, 0) is 33.4 Å². The molecule has 1 N–H and O–H groups in total. The fraction of sp³-hybridized carbons (Fsp3) is 0.438. The van der Waals surface area contributed by atoms with Gasteiger partial charge in [-0.05, 0) is 6.92 Å². The highest BCUT2D eigenvalue weighted by molar-refractivity contribution is 6.27. The Hall–Kier alpha value is -3.01. The van der Waals surface area contributed by atoms with Gasteiger partial charge in [-0.2, -0.15) is 0 Å². The number of amides is 4. The van der Waals surface area contributed by atoms with E-state index in [0.717, 1.165) is 33.1 Å². The highest BCUT2D eigenvalue weighted by atomic mass is 16.5. The highest BCUT2D eigenvalue weighted by Crippen LogP contribution is 2.38. The minimum atomic E-state index is -2.49. The zero-order chi connectivity index (χ0) is 20.0. The van der Waals surface area contributed by atoms with Crippen molar-refractivity contribution < 1.29 is 38.6 Å². The molecular formula is C16H18N2O8. The van der Waals surface area contributed by atoms with Crippen LogP contribution >= 0.6 is 0 Å². The molecule has 26 heavy (non-hydrogen) atoms. The van der Waals surface area contributed by atoms with E-state index in [9.17, 15) is 29.1 Å². The van der Waals surface area contributed by atoms with Gasteiger partial charge >= 0.3 is 0 Å². The average Bonchev–Trinajstić information content (AvgIpc) is 2.79. The molecule has 4 amide bonds. The van der Waals surface area contributed by atoms with Crippen molar-refractivity contribution in [3.8, 4) is 0 Å². The van der Waals surface area contributed by atoms with E-state index in [4.69, 9.17) is 9.47 Å². The third-order valence-electron chi connectivity index (χ3n) is 4.19. The zero-order valence-electron chi connectivity index (χ0n) is 14.9. The van der Waals surface area contributed by atoms with Crippen LogP contribution < -0.4 is 0 Å². The summed E-state index contributed by atoms with van der Waals surface area (Å²) >= 11 is 0. The maximum atomic E-state index is 12.7. The van der Waals surface area contributed by atoms with Crippen molar-refractivity contribution in [3.63, 3.8) is 0 Å². The first-order valence-electron chi connectivity index (χ1n) is 7.46. The van der Waals surface area contributed by atoms with E-state index in [1.807, 2.05) is 0 Å². The van der Waals surface area contributed by atoms with Crippen LogP contribution in [0.2, 0.25) is 0 Å². The van der Waals surface area contributed by atoms with Gasteiger partial charge in [0.05, 0.1) is 26.2 Å². The fourth-order valence-electron chi connectivity index (χ4n) is 2.97.